The predicted octanol–water partition coefficient (Wildman–Crippen LogP) is 3.37. The number of carbonyl (C=O) groups excluding carboxylic acids is 1. The summed E-state index contributed by atoms with van der Waals surface area (Å²) in [5.74, 6) is -0.373. The topological polar surface area (TPSA) is 138 Å². The molecule has 1 aromatic heterocycles. The van der Waals surface area contributed by atoms with Gasteiger partial charge in [-0.15, -0.1) is 0 Å². The van der Waals surface area contributed by atoms with E-state index in [2.05, 4.69) is 10.3 Å². The monoisotopic (exact) mass is 374 g/mol. The first-order chi connectivity index (χ1) is 12.4. The maximum absolute atomic E-state index is 12.3. The molecule has 3 rings (SSSR count). The number of carbonyl (C=O) groups is 1. The molecule has 0 unspecified atom stereocenters. The fourth-order valence-corrected chi connectivity index (χ4v) is 3.14. The lowest BCUT2D eigenvalue weighted by Crippen LogP contribution is -2.11. The summed E-state index contributed by atoms with van der Waals surface area (Å²) in [6.07, 6.45) is 0. The Bertz CT molecular complexity index is 1050. The van der Waals surface area contributed by atoms with Gasteiger partial charge in [-0.05, 0) is 6.07 Å². The molecule has 26 heavy (non-hydrogen) atoms. The Morgan fingerprint density at radius 3 is 2.54 bits per heavy atom. The minimum Gasteiger partial charge on any atom is -0.494 e. The van der Waals surface area contributed by atoms with Crippen LogP contribution in [0.5, 0.6) is 5.75 Å². The van der Waals surface area contributed by atoms with Crippen LogP contribution in [0.1, 0.15) is 10.4 Å². The fourth-order valence-electron chi connectivity index (χ4n) is 2.23. The standard InChI is InChI=1S/C15H10N4O6S/c1-25-11-6-10(19(23)24)7-12-13(11)16-15(26-12)17-14(20)8-3-2-4-9(5-8)18(21)22/h2-7H,1H3,(H,16,17,20). The molecule has 0 spiro atoms. The highest BCUT2D eigenvalue weighted by atomic mass is 32.1. The van der Waals surface area contributed by atoms with Crippen LogP contribution in [-0.4, -0.2) is 27.8 Å². The van der Waals surface area contributed by atoms with Crippen molar-refractivity contribution in [3.63, 3.8) is 0 Å². The fraction of sp³-hybridized carbons (Fsp3) is 0.0667. The van der Waals surface area contributed by atoms with Crippen molar-refractivity contribution < 1.29 is 19.4 Å². The third-order valence-corrected chi connectivity index (χ3v) is 4.33. The number of aromatic nitrogens is 1. The Morgan fingerprint density at radius 2 is 1.88 bits per heavy atom. The number of benzene rings is 2. The molecule has 10 nitrogen and oxygen atoms in total. The molecule has 0 fully saturated rings. The first-order valence-corrected chi connectivity index (χ1v) is 7.89. The van der Waals surface area contributed by atoms with Crippen LogP contribution in [0.3, 0.4) is 0 Å². The average Bonchev–Trinajstić information content (AvgIpc) is 3.03. The third-order valence-electron chi connectivity index (χ3n) is 3.42. The SMILES string of the molecule is COc1cc([N+](=O)[O-])cc2sc(NC(=O)c3cccc([N+](=O)[O-])c3)nc12. The van der Waals surface area contributed by atoms with Crippen molar-refractivity contribution in [1.29, 1.82) is 0 Å². The number of nitro groups is 2. The molecule has 0 atom stereocenters. The highest BCUT2D eigenvalue weighted by Crippen LogP contribution is 2.36. The van der Waals surface area contributed by atoms with Gasteiger partial charge >= 0.3 is 0 Å². The van der Waals surface area contributed by atoms with Crippen LogP contribution in [-0.2, 0) is 0 Å². The maximum atomic E-state index is 12.3. The zero-order valence-electron chi connectivity index (χ0n) is 13.2. The van der Waals surface area contributed by atoms with Crippen LogP contribution >= 0.6 is 11.3 Å². The predicted molar refractivity (Wildman–Crippen MR) is 93.9 cm³/mol. The maximum Gasteiger partial charge on any atom is 0.274 e. The summed E-state index contributed by atoms with van der Waals surface area (Å²) in [6, 6.07) is 7.83. The van der Waals surface area contributed by atoms with Crippen molar-refractivity contribution in [2.75, 3.05) is 12.4 Å². The molecule has 0 aliphatic carbocycles. The third kappa shape index (κ3) is 3.28. The van der Waals surface area contributed by atoms with Gasteiger partial charge in [-0.25, -0.2) is 4.98 Å². The van der Waals surface area contributed by atoms with E-state index in [4.69, 9.17) is 4.74 Å². The molecule has 1 heterocycles. The van der Waals surface area contributed by atoms with E-state index in [0.29, 0.717) is 10.2 Å². The van der Waals surface area contributed by atoms with E-state index in [0.717, 1.165) is 17.4 Å². The Morgan fingerprint density at radius 1 is 1.15 bits per heavy atom. The zero-order valence-corrected chi connectivity index (χ0v) is 14.0. The lowest BCUT2D eigenvalue weighted by atomic mass is 10.2. The van der Waals surface area contributed by atoms with Crippen molar-refractivity contribution in [3.8, 4) is 5.75 Å². The van der Waals surface area contributed by atoms with E-state index >= 15 is 0 Å². The summed E-state index contributed by atoms with van der Waals surface area (Å²) in [5, 5.41) is 24.5. The van der Waals surface area contributed by atoms with Crippen LogP contribution in [0.15, 0.2) is 36.4 Å². The second kappa shape index (κ2) is 6.72. The van der Waals surface area contributed by atoms with E-state index in [9.17, 15) is 25.0 Å². The summed E-state index contributed by atoms with van der Waals surface area (Å²) in [7, 11) is 1.36. The summed E-state index contributed by atoms with van der Waals surface area (Å²) in [5.41, 5.74) is 0.0997. The zero-order chi connectivity index (χ0) is 18.8. The average molecular weight is 374 g/mol. The highest BCUT2D eigenvalue weighted by molar-refractivity contribution is 7.22. The second-order valence-electron chi connectivity index (χ2n) is 5.03. The minimum atomic E-state index is -0.599. The number of thiazole rings is 1. The molecule has 0 aliphatic heterocycles. The first kappa shape index (κ1) is 17.2. The van der Waals surface area contributed by atoms with Gasteiger partial charge in [0.15, 0.2) is 10.9 Å². The molecular weight excluding hydrogens is 364 g/mol. The van der Waals surface area contributed by atoms with Crippen LogP contribution in [0.4, 0.5) is 16.5 Å². The molecule has 0 radical (unpaired) electrons. The van der Waals surface area contributed by atoms with Crippen molar-refractivity contribution in [3.05, 3.63) is 62.2 Å². The number of hydrogen-bond donors (Lipinski definition) is 1. The molecule has 3 aromatic rings. The number of anilines is 1. The molecular formula is C15H10N4O6S. The smallest absolute Gasteiger partial charge is 0.274 e. The van der Waals surface area contributed by atoms with Crippen LogP contribution in [0, 0.1) is 20.2 Å². The van der Waals surface area contributed by atoms with Gasteiger partial charge in [-0.1, -0.05) is 17.4 Å². The van der Waals surface area contributed by atoms with E-state index < -0.39 is 15.8 Å². The summed E-state index contributed by atoms with van der Waals surface area (Å²) in [4.78, 5) is 37.1. The first-order valence-electron chi connectivity index (χ1n) is 7.08. The number of rotatable bonds is 5. The number of methoxy groups -OCH3 is 1. The van der Waals surface area contributed by atoms with E-state index in [1.807, 2.05) is 0 Å². The number of nitro benzene ring substituents is 2. The van der Waals surface area contributed by atoms with Crippen LogP contribution < -0.4 is 10.1 Å². The molecule has 0 aliphatic rings. The van der Waals surface area contributed by atoms with Crippen molar-refractivity contribution in [2.24, 2.45) is 0 Å². The number of nitrogens with zero attached hydrogens (tertiary/aromatic N) is 3. The van der Waals surface area contributed by atoms with Crippen LogP contribution in [0.2, 0.25) is 0 Å². The number of non-ortho nitro benzene ring substituents is 2. The molecule has 1 N–H and O–H groups in total. The number of hydrogen-bond acceptors (Lipinski definition) is 8. The van der Waals surface area contributed by atoms with Gasteiger partial charge in [0, 0.05) is 23.8 Å². The number of fused-ring (bicyclic) bond motifs is 1. The molecule has 132 valence electrons. The Hall–Kier alpha value is -3.60. The summed E-state index contributed by atoms with van der Waals surface area (Å²) < 4.78 is 5.58. The quantitative estimate of drug-likeness (QED) is 0.533. The normalized spacial score (nSPS) is 10.5. The van der Waals surface area contributed by atoms with E-state index in [1.165, 1.54) is 37.4 Å². The molecule has 0 saturated carbocycles. The largest absolute Gasteiger partial charge is 0.494 e. The molecule has 0 saturated heterocycles. The van der Waals surface area contributed by atoms with E-state index in [1.54, 1.807) is 0 Å². The van der Waals surface area contributed by atoms with Gasteiger partial charge in [-0.2, -0.15) is 0 Å². The van der Waals surface area contributed by atoms with E-state index in [-0.39, 0.29) is 27.8 Å². The summed E-state index contributed by atoms with van der Waals surface area (Å²) in [6.45, 7) is 0. The van der Waals surface area contributed by atoms with Gasteiger partial charge in [-0.3, -0.25) is 30.3 Å². The van der Waals surface area contributed by atoms with Crippen molar-refractivity contribution in [1.82, 2.24) is 4.98 Å². The molecule has 11 heteroatoms. The number of nitrogens with one attached hydrogen (secondary N) is 1. The minimum absolute atomic E-state index is 0.0939. The Balaban J connectivity index is 1.94. The van der Waals surface area contributed by atoms with Gasteiger partial charge in [0.05, 0.1) is 27.7 Å². The number of amides is 1. The number of ether oxygens (including phenoxy) is 1. The van der Waals surface area contributed by atoms with Gasteiger partial charge < -0.3 is 4.74 Å². The van der Waals surface area contributed by atoms with Crippen molar-refractivity contribution >= 4 is 44.0 Å². The Kier molecular flexibility index (Phi) is 4.45. The molecule has 0 bridgehead atoms. The van der Waals surface area contributed by atoms with Gasteiger partial charge in [0.25, 0.3) is 17.3 Å². The lowest BCUT2D eigenvalue weighted by molar-refractivity contribution is -0.385. The van der Waals surface area contributed by atoms with Gasteiger partial charge in [0.2, 0.25) is 0 Å². The second-order valence-corrected chi connectivity index (χ2v) is 6.06. The van der Waals surface area contributed by atoms with Crippen LogP contribution in [0.25, 0.3) is 10.2 Å². The molecule has 2 aromatic carbocycles. The van der Waals surface area contributed by atoms with Crippen molar-refractivity contribution in [2.45, 2.75) is 0 Å². The van der Waals surface area contributed by atoms with Gasteiger partial charge in [0.1, 0.15) is 5.52 Å². The Labute approximate surface area is 149 Å². The molecule has 1 amide bonds. The summed E-state index contributed by atoms with van der Waals surface area (Å²) >= 11 is 1.03. The lowest BCUT2D eigenvalue weighted by Gasteiger charge is -2.01. The highest BCUT2D eigenvalue weighted by Gasteiger charge is 2.18.